The molecule has 3 N–H and O–H groups in total. The lowest BCUT2D eigenvalue weighted by molar-refractivity contribution is 0.0527. The van der Waals surface area contributed by atoms with Crippen LogP contribution in [0.4, 0.5) is 4.79 Å². The first-order chi connectivity index (χ1) is 13.2. The molecular formula is C21H37IN4O3. The van der Waals surface area contributed by atoms with Gasteiger partial charge in [-0.25, -0.2) is 4.79 Å². The van der Waals surface area contributed by atoms with E-state index in [4.69, 9.17) is 9.47 Å². The van der Waals surface area contributed by atoms with Gasteiger partial charge in [-0.05, 0) is 57.2 Å². The van der Waals surface area contributed by atoms with Gasteiger partial charge in [-0.3, -0.25) is 4.99 Å². The maximum atomic E-state index is 11.6. The first-order valence-electron chi connectivity index (χ1n) is 9.80. The van der Waals surface area contributed by atoms with E-state index in [1.54, 1.807) is 14.2 Å². The Balaban J connectivity index is 0.00000784. The highest BCUT2D eigenvalue weighted by Crippen LogP contribution is 2.21. The molecule has 1 unspecified atom stereocenters. The molecule has 0 spiro atoms. The Hall–Kier alpha value is -1.71. The second-order valence-corrected chi connectivity index (χ2v) is 7.67. The Morgan fingerprint density at radius 2 is 1.66 bits per heavy atom. The second-order valence-electron chi connectivity index (χ2n) is 7.67. The molecule has 1 amide bonds. The number of amides is 1. The zero-order valence-electron chi connectivity index (χ0n) is 18.5. The van der Waals surface area contributed by atoms with Crippen molar-refractivity contribution < 1.29 is 14.3 Å². The van der Waals surface area contributed by atoms with Crippen LogP contribution >= 0.6 is 24.0 Å². The minimum absolute atomic E-state index is 0. The molecule has 1 rings (SSSR count). The standard InChI is InChI=1S/C21H36N4O3.HI/c1-16(17-8-10-18(27-6)11-9-17)12-15-24-19(22-5)23-13-7-14-25-20(26)28-21(2,3)4;/h8-11,16H,7,12-15H2,1-6H3,(H,25,26)(H2,22,23,24);1H. The molecule has 0 saturated heterocycles. The molecule has 0 aliphatic heterocycles. The number of nitrogens with one attached hydrogen (secondary N) is 3. The number of halogens is 1. The third-order valence-corrected chi connectivity index (χ3v) is 4.09. The molecule has 0 bridgehead atoms. The van der Waals surface area contributed by atoms with E-state index in [9.17, 15) is 4.79 Å². The van der Waals surface area contributed by atoms with Crippen LogP contribution in [-0.4, -0.2) is 51.4 Å². The van der Waals surface area contributed by atoms with Crippen LogP contribution in [-0.2, 0) is 4.74 Å². The van der Waals surface area contributed by atoms with Crippen LogP contribution in [0.2, 0.25) is 0 Å². The Bertz CT molecular complexity index is 615. The van der Waals surface area contributed by atoms with Crippen LogP contribution in [0.3, 0.4) is 0 Å². The summed E-state index contributed by atoms with van der Waals surface area (Å²) in [5.74, 6) is 2.08. The zero-order valence-corrected chi connectivity index (χ0v) is 20.8. The lowest BCUT2D eigenvalue weighted by atomic mass is 9.98. The lowest BCUT2D eigenvalue weighted by Crippen LogP contribution is -2.39. The first-order valence-corrected chi connectivity index (χ1v) is 9.80. The number of aliphatic imine (C=N–C) groups is 1. The lowest BCUT2D eigenvalue weighted by Gasteiger charge is -2.19. The molecule has 1 aromatic carbocycles. The van der Waals surface area contributed by atoms with Crippen molar-refractivity contribution in [2.75, 3.05) is 33.8 Å². The van der Waals surface area contributed by atoms with Gasteiger partial charge in [-0.15, -0.1) is 24.0 Å². The number of guanidine groups is 1. The number of hydrogen-bond acceptors (Lipinski definition) is 4. The van der Waals surface area contributed by atoms with Crippen LogP contribution in [0, 0.1) is 0 Å². The minimum Gasteiger partial charge on any atom is -0.497 e. The number of carbonyl (C=O) groups is 1. The number of rotatable bonds is 9. The largest absolute Gasteiger partial charge is 0.497 e. The van der Waals surface area contributed by atoms with Crippen molar-refractivity contribution in [2.45, 2.75) is 52.1 Å². The Kier molecular flexibility index (Phi) is 13.5. The summed E-state index contributed by atoms with van der Waals surface area (Å²) in [6.07, 6.45) is 1.39. The van der Waals surface area contributed by atoms with Gasteiger partial charge in [0.15, 0.2) is 5.96 Å². The van der Waals surface area contributed by atoms with Crippen LogP contribution in [0.1, 0.15) is 52.0 Å². The average molecular weight is 520 g/mol. The van der Waals surface area contributed by atoms with Gasteiger partial charge in [0.1, 0.15) is 11.4 Å². The smallest absolute Gasteiger partial charge is 0.407 e. The van der Waals surface area contributed by atoms with Gasteiger partial charge in [0, 0.05) is 26.7 Å². The quantitative estimate of drug-likeness (QED) is 0.199. The second kappa shape index (κ2) is 14.3. The highest BCUT2D eigenvalue weighted by atomic mass is 127. The van der Waals surface area contributed by atoms with Gasteiger partial charge in [0.05, 0.1) is 7.11 Å². The van der Waals surface area contributed by atoms with Crippen LogP contribution in [0.25, 0.3) is 0 Å². The Labute approximate surface area is 192 Å². The predicted molar refractivity (Wildman–Crippen MR) is 130 cm³/mol. The van der Waals surface area contributed by atoms with E-state index in [0.717, 1.165) is 31.1 Å². The molecule has 0 fully saturated rings. The molecular weight excluding hydrogens is 483 g/mol. The summed E-state index contributed by atoms with van der Waals surface area (Å²) >= 11 is 0. The fourth-order valence-electron chi connectivity index (χ4n) is 2.53. The fourth-order valence-corrected chi connectivity index (χ4v) is 2.53. The molecule has 0 heterocycles. The summed E-state index contributed by atoms with van der Waals surface area (Å²) in [5, 5.41) is 9.32. The van der Waals surface area contributed by atoms with E-state index >= 15 is 0 Å². The van der Waals surface area contributed by atoms with E-state index in [2.05, 4.69) is 40.0 Å². The third-order valence-electron chi connectivity index (χ3n) is 4.09. The van der Waals surface area contributed by atoms with Crippen molar-refractivity contribution in [2.24, 2.45) is 4.99 Å². The van der Waals surface area contributed by atoms with Gasteiger partial charge < -0.3 is 25.4 Å². The summed E-state index contributed by atoms with van der Waals surface area (Å²) in [6, 6.07) is 8.19. The van der Waals surface area contributed by atoms with E-state index in [0.29, 0.717) is 19.0 Å². The molecule has 166 valence electrons. The molecule has 0 aliphatic carbocycles. The summed E-state index contributed by atoms with van der Waals surface area (Å²) in [4.78, 5) is 15.8. The van der Waals surface area contributed by atoms with Crippen molar-refractivity contribution in [1.29, 1.82) is 0 Å². The number of carbonyl (C=O) groups excluding carboxylic acids is 1. The highest BCUT2D eigenvalue weighted by molar-refractivity contribution is 14.0. The summed E-state index contributed by atoms with van der Waals surface area (Å²) in [5.41, 5.74) is 0.816. The van der Waals surface area contributed by atoms with Crippen molar-refractivity contribution in [3.8, 4) is 5.75 Å². The van der Waals surface area contributed by atoms with E-state index in [-0.39, 0.29) is 30.1 Å². The van der Waals surface area contributed by atoms with Crippen molar-refractivity contribution >= 4 is 36.0 Å². The maximum absolute atomic E-state index is 11.6. The molecule has 1 atom stereocenters. The Morgan fingerprint density at radius 3 is 2.21 bits per heavy atom. The average Bonchev–Trinajstić information content (AvgIpc) is 2.64. The van der Waals surface area contributed by atoms with Gasteiger partial charge in [0.25, 0.3) is 0 Å². The molecule has 0 saturated carbocycles. The zero-order chi connectivity index (χ0) is 21.0. The molecule has 0 aliphatic rings. The van der Waals surface area contributed by atoms with Gasteiger partial charge in [-0.1, -0.05) is 19.1 Å². The van der Waals surface area contributed by atoms with Crippen molar-refractivity contribution in [3.05, 3.63) is 29.8 Å². The number of methoxy groups -OCH3 is 1. The SMILES string of the molecule is CN=C(NCCCNC(=O)OC(C)(C)C)NCCC(C)c1ccc(OC)cc1.I. The van der Waals surface area contributed by atoms with Gasteiger partial charge >= 0.3 is 6.09 Å². The van der Waals surface area contributed by atoms with Crippen LogP contribution < -0.4 is 20.7 Å². The normalized spacial score (nSPS) is 12.4. The summed E-state index contributed by atoms with van der Waals surface area (Å²) < 4.78 is 10.4. The van der Waals surface area contributed by atoms with Gasteiger partial charge in [-0.2, -0.15) is 0 Å². The summed E-state index contributed by atoms with van der Waals surface area (Å²) in [7, 11) is 3.43. The number of hydrogen-bond donors (Lipinski definition) is 3. The maximum Gasteiger partial charge on any atom is 0.407 e. The number of alkyl carbamates (subject to hydrolysis) is 1. The van der Waals surface area contributed by atoms with Gasteiger partial charge in [0.2, 0.25) is 0 Å². The molecule has 0 aromatic heterocycles. The molecule has 0 radical (unpaired) electrons. The molecule has 1 aromatic rings. The van der Waals surface area contributed by atoms with Crippen molar-refractivity contribution in [3.63, 3.8) is 0 Å². The van der Waals surface area contributed by atoms with Crippen LogP contribution in [0.15, 0.2) is 29.3 Å². The topological polar surface area (TPSA) is 84.0 Å². The van der Waals surface area contributed by atoms with Crippen molar-refractivity contribution in [1.82, 2.24) is 16.0 Å². The number of ether oxygens (including phenoxy) is 2. The number of benzene rings is 1. The number of nitrogens with zero attached hydrogens (tertiary/aromatic N) is 1. The highest BCUT2D eigenvalue weighted by Gasteiger charge is 2.15. The van der Waals surface area contributed by atoms with Crippen LogP contribution in [0.5, 0.6) is 5.75 Å². The van der Waals surface area contributed by atoms with E-state index in [1.807, 2.05) is 32.9 Å². The van der Waals surface area contributed by atoms with E-state index < -0.39 is 5.60 Å². The Morgan fingerprint density at radius 1 is 1.07 bits per heavy atom. The summed E-state index contributed by atoms with van der Waals surface area (Å²) in [6.45, 7) is 9.83. The molecule has 8 heteroatoms. The molecule has 29 heavy (non-hydrogen) atoms. The van der Waals surface area contributed by atoms with E-state index in [1.165, 1.54) is 5.56 Å². The minimum atomic E-state index is -0.475. The fraction of sp³-hybridized carbons (Fsp3) is 0.619. The first kappa shape index (κ1) is 27.3. The monoisotopic (exact) mass is 520 g/mol. The third kappa shape index (κ3) is 12.5. The predicted octanol–water partition coefficient (Wildman–Crippen LogP) is 3.89. The molecule has 7 nitrogen and oxygen atoms in total.